The third-order valence-corrected chi connectivity index (χ3v) is 5.64. The Kier molecular flexibility index (Phi) is 5.35. The standard InChI is InChI=1S/C23H27N3O/c1-17-6-5-11-24-21(17)9-10-23(27)18-7-8-20-19(15-25-22(20)14-18)16-26-12-3-2-4-13-26/h5-8,11,14-15,25H,2-4,9-10,12-13,16H2,1H3. The van der Waals surface area contributed by atoms with Crippen molar-refractivity contribution in [2.45, 2.75) is 45.6 Å². The molecule has 3 heterocycles. The minimum atomic E-state index is 0.175. The molecular formula is C23H27N3O. The van der Waals surface area contributed by atoms with E-state index >= 15 is 0 Å². The lowest BCUT2D eigenvalue weighted by Crippen LogP contribution is -2.28. The van der Waals surface area contributed by atoms with E-state index in [1.807, 2.05) is 31.2 Å². The number of carbonyl (C=O) groups excluding carboxylic acids is 1. The van der Waals surface area contributed by atoms with Crippen molar-refractivity contribution in [3.8, 4) is 0 Å². The summed E-state index contributed by atoms with van der Waals surface area (Å²) in [4.78, 5) is 22.9. The normalized spacial score (nSPS) is 15.3. The fourth-order valence-corrected chi connectivity index (χ4v) is 4.01. The lowest BCUT2D eigenvalue weighted by molar-refractivity contribution is 0.0982. The van der Waals surface area contributed by atoms with E-state index in [2.05, 4.69) is 27.1 Å². The summed E-state index contributed by atoms with van der Waals surface area (Å²) >= 11 is 0. The number of hydrogen-bond donors (Lipinski definition) is 1. The Morgan fingerprint density at radius 3 is 2.85 bits per heavy atom. The predicted molar refractivity (Wildman–Crippen MR) is 109 cm³/mol. The summed E-state index contributed by atoms with van der Waals surface area (Å²) in [6.07, 6.45) is 9.03. The summed E-state index contributed by atoms with van der Waals surface area (Å²) in [6.45, 7) is 5.42. The van der Waals surface area contributed by atoms with E-state index in [0.29, 0.717) is 12.8 Å². The summed E-state index contributed by atoms with van der Waals surface area (Å²) in [7, 11) is 0. The lowest BCUT2D eigenvalue weighted by atomic mass is 10.0. The quantitative estimate of drug-likeness (QED) is 0.649. The number of piperidine rings is 1. The maximum atomic E-state index is 12.6. The summed E-state index contributed by atoms with van der Waals surface area (Å²) < 4.78 is 0. The number of hydrogen-bond acceptors (Lipinski definition) is 3. The zero-order valence-corrected chi connectivity index (χ0v) is 16.0. The van der Waals surface area contributed by atoms with Gasteiger partial charge >= 0.3 is 0 Å². The number of rotatable bonds is 6. The second kappa shape index (κ2) is 8.05. The van der Waals surface area contributed by atoms with Crippen LogP contribution in [-0.2, 0) is 13.0 Å². The van der Waals surface area contributed by atoms with Gasteiger partial charge in [-0.3, -0.25) is 14.7 Å². The molecule has 0 bridgehead atoms. The summed E-state index contributed by atoms with van der Waals surface area (Å²) in [6, 6.07) is 10.1. The molecule has 0 saturated carbocycles. The van der Waals surface area contributed by atoms with Gasteiger partial charge in [0.05, 0.1) is 0 Å². The molecule has 0 amide bonds. The van der Waals surface area contributed by atoms with Gasteiger partial charge in [0.15, 0.2) is 5.78 Å². The number of pyridine rings is 1. The number of fused-ring (bicyclic) bond motifs is 1. The number of nitrogens with one attached hydrogen (secondary N) is 1. The number of nitrogens with zero attached hydrogens (tertiary/aromatic N) is 2. The largest absolute Gasteiger partial charge is 0.361 e. The smallest absolute Gasteiger partial charge is 0.163 e. The molecule has 4 heteroatoms. The van der Waals surface area contributed by atoms with Crippen LogP contribution in [0.15, 0.2) is 42.7 Å². The third-order valence-electron chi connectivity index (χ3n) is 5.64. The molecule has 4 rings (SSSR count). The van der Waals surface area contributed by atoms with E-state index in [0.717, 1.165) is 28.9 Å². The van der Waals surface area contributed by atoms with Crippen molar-refractivity contribution in [2.24, 2.45) is 0 Å². The maximum absolute atomic E-state index is 12.6. The molecule has 3 aromatic rings. The number of likely N-dealkylation sites (tertiary alicyclic amines) is 1. The first-order valence-electron chi connectivity index (χ1n) is 9.97. The van der Waals surface area contributed by atoms with Crippen LogP contribution in [0.3, 0.4) is 0 Å². The Morgan fingerprint density at radius 2 is 2.04 bits per heavy atom. The molecule has 0 spiro atoms. The second-order valence-electron chi connectivity index (χ2n) is 7.60. The van der Waals surface area contributed by atoms with E-state index in [9.17, 15) is 4.79 Å². The van der Waals surface area contributed by atoms with Crippen molar-refractivity contribution in [1.29, 1.82) is 0 Å². The van der Waals surface area contributed by atoms with Crippen molar-refractivity contribution < 1.29 is 4.79 Å². The Bertz CT molecular complexity index is 938. The molecule has 1 aromatic carbocycles. The zero-order valence-electron chi connectivity index (χ0n) is 16.0. The fraction of sp³-hybridized carbons (Fsp3) is 0.391. The van der Waals surface area contributed by atoms with Gasteiger partial charge in [0.2, 0.25) is 0 Å². The first-order valence-corrected chi connectivity index (χ1v) is 9.97. The molecule has 140 valence electrons. The van der Waals surface area contributed by atoms with Crippen LogP contribution in [0.4, 0.5) is 0 Å². The minimum Gasteiger partial charge on any atom is -0.361 e. The summed E-state index contributed by atoms with van der Waals surface area (Å²) in [5.74, 6) is 0.175. The van der Waals surface area contributed by atoms with Gasteiger partial charge in [-0.1, -0.05) is 24.6 Å². The number of aromatic amines is 1. The number of benzene rings is 1. The van der Waals surface area contributed by atoms with Gasteiger partial charge in [-0.2, -0.15) is 0 Å². The third kappa shape index (κ3) is 4.11. The van der Waals surface area contributed by atoms with Crippen molar-refractivity contribution in [1.82, 2.24) is 14.9 Å². The molecule has 1 fully saturated rings. The Hall–Kier alpha value is -2.46. The molecule has 0 radical (unpaired) electrons. The zero-order chi connectivity index (χ0) is 18.6. The topological polar surface area (TPSA) is 49.0 Å². The SMILES string of the molecule is Cc1cccnc1CCC(=O)c1ccc2c(CN3CCCCC3)c[nH]c2c1. The maximum Gasteiger partial charge on any atom is 0.163 e. The van der Waals surface area contributed by atoms with Crippen molar-refractivity contribution >= 4 is 16.7 Å². The van der Waals surface area contributed by atoms with Crippen LogP contribution in [0.1, 0.15) is 52.9 Å². The number of ketones is 1. The first kappa shape index (κ1) is 17.9. The van der Waals surface area contributed by atoms with Crippen LogP contribution in [0.5, 0.6) is 0 Å². The van der Waals surface area contributed by atoms with E-state index in [1.54, 1.807) is 6.20 Å². The number of H-pyrrole nitrogens is 1. The van der Waals surface area contributed by atoms with Crippen LogP contribution in [0.25, 0.3) is 10.9 Å². The molecule has 0 atom stereocenters. The fourth-order valence-electron chi connectivity index (χ4n) is 4.01. The van der Waals surface area contributed by atoms with Gasteiger partial charge in [0, 0.05) is 47.5 Å². The monoisotopic (exact) mass is 361 g/mol. The van der Waals surface area contributed by atoms with E-state index < -0.39 is 0 Å². The average Bonchev–Trinajstić information content (AvgIpc) is 3.10. The highest BCUT2D eigenvalue weighted by molar-refractivity contribution is 5.99. The molecule has 27 heavy (non-hydrogen) atoms. The summed E-state index contributed by atoms with van der Waals surface area (Å²) in [5, 5.41) is 1.23. The van der Waals surface area contributed by atoms with Gasteiger partial charge in [-0.05, 0) is 62.5 Å². The second-order valence-corrected chi connectivity index (χ2v) is 7.60. The Labute approximate surface area is 160 Å². The molecule has 1 N–H and O–H groups in total. The van der Waals surface area contributed by atoms with Gasteiger partial charge in [-0.25, -0.2) is 0 Å². The molecule has 2 aromatic heterocycles. The number of carbonyl (C=O) groups is 1. The van der Waals surface area contributed by atoms with Gasteiger partial charge in [0.1, 0.15) is 0 Å². The van der Waals surface area contributed by atoms with Gasteiger partial charge in [0.25, 0.3) is 0 Å². The van der Waals surface area contributed by atoms with E-state index in [4.69, 9.17) is 0 Å². The molecule has 0 unspecified atom stereocenters. The Balaban J connectivity index is 1.45. The molecule has 4 nitrogen and oxygen atoms in total. The average molecular weight is 361 g/mol. The van der Waals surface area contributed by atoms with Crippen LogP contribution >= 0.6 is 0 Å². The summed E-state index contributed by atoms with van der Waals surface area (Å²) in [5.41, 5.74) is 5.32. The van der Waals surface area contributed by atoms with Gasteiger partial charge in [-0.15, -0.1) is 0 Å². The highest BCUT2D eigenvalue weighted by atomic mass is 16.1. The molecule has 1 saturated heterocycles. The van der Waals surface area contributed by atoms with Crippen LogP contribution in [0, 0.1) is 6.92 Å². The van der Waals surface area contributed by atoms with E-state index in [1.165, 1.54) is 43.3 Å². The van der Waals surface area contributed by atoms with Crippen LogP contribution in [-0.4, -0.2) is 33.7 Å². The van der Waals surface area contributed by atoms with E-state index in [-0.39, 0.29) is 5.78 Å². The van der Waals surface area contributed by atoms with Crippen molar-refractivity contribution in [3.05, 3.63) is 65.1 Å². The molecule has 1 aliphatic rings. The van der Waals surface area contributed by atoms with Crippen molar-refractivity contribution in [2.75, 3.05) is 13.1 Å². The lowest BCUT2D eigenvalue weighted by Gasteiger charge is -2.26. The van der Waals surface area contributed by atoms with Crippen LogP contribution in [0.2, 0.25) is 0 Å². The number of aromatic nitrogens is 2. The first-order chi connectivity index (χ1) is 13.2. The Morgan fingerprint density at radius 1 is 1.19 bits per heavy atom. The predicted octanol–water partition coefficient (Wildman–Crippen LogP) is 4.67. The molecule has 0 aliphatic carbocycles. The van der Waals surface area contributed by atoms with Crippen LogP contribution < -0.4 is 0 Å². The highest BCUT2D eigenvalue weighted by Gasteiger charge is 2.14. The van der Waals surface area contributed by atoms with Gasteiger partial charge < -0.3 is 4.98 Å². The highest BCUT2D eigenvalue weighted by Crippen LogP contribution is 2.23. The van der Waals surface area contributed by atoms with Crippen molar-refractivity contribution in [3.63, 3.8) is 0 Å². The molecule has 1 aliphatic heterocycles. The number of aryl methyl sites for hydroxylation is 2. The molecular weight excluding hydrogens is 334 g/mol. The minimum absolute atomic E-state index is 0.175. The number of Topliss-reactive ketones (excluding diaryl/α,β-unsaturated/α-hetero) is 1.